The highest BCUT2D eigenvalue weighted by atomic mass is 32.2. The first kappa shape index (κ1) is 16.4. The molecule has 1 fully saturated rings. The lowest BCUT2D eigenvalue weighted by Crippen LogP contribution is -2.40. The van der Waals surface area contributed by atoms with Gasteiger partial charge in [-0.3, -0.25) is 4.98 Å². The Morgan fingerprint density at radius 1 is 1.52 bits per heavy atom. The number of hydrogen-bond donors (Lipinski definition) is 1. The minimum atomic E-state index is -3.07. The summed E-state index contributed by atoms with van der Waals surface area (Å²) in [5.74, 6) is 0.401. The molecule has 0 aromatic carbocycles. The molecule has 1 aromatic rings. The number of aromatic nitrogens is 1. The molecule has 2 unspecified atom stereocenters. The molecule has 1 N–H and O–H groups in total. The Morgan fingerprint density at radius 2 is 2.33 bits per heavy atom. The summed E-state index contributed by atoms with van der Waals surface area (Å²) in [4.78, 5) is 4.19. The van der Waals surface area contributed by atoms with E-state index in [2.05, 4.69) is 23.3 Å². The van der Waals surface area contributed by atoms with Gasteiger partial charge in [0, 0.05) is 31.5 Å². The lowest BCUT2D eigenvalue weighted by atomic mass is 9.90. The first-order chi connectivity index (χ1) is 10.0. The van der Waals surface area contributed by atoms with Crippen LogP contribution in [0.25, 0.3) is 0 Å². The molecule has 1 aliphatic rings. The van der Waals surface area contributed by atoms with Gasteiger partial charge in [-0.05, 0) is 43.4 Å². The van der Waals surface area contributed by atoms with Crippen molar-refractivity contribution in [2.24, 2.45) is 5.92 Å². The van der Waals surface area contributed by atoms with Crippen LogP contribution in [0.3, 0.4) is 0 Å². The minimum absolute atomic E-state index is 0.244. The van der Waals surface area contributed by atoms with Crippen molar-refractivity contribution in [3.8, 4) is 0 Å². The first-order valence-electron chi connectivity index (χ1n) is 7.59. The van der Waals surface area contributed by atoms with Crippen LogP contribution in [-0.4, -0.2) is 43.6 Å². The van der Waals surface area contributed by atoms with Crippen LogP contribution in [0.2, 0.25) is 0 Å². The van der Waals surface area contributed by atoms with Crippen LogP contribution in [0.4, 0.5) is 0 Å². The van der Waals surface area contributed by atoms with Gasteiger partial charge in [-0.25, -0.2) is 12.7 Å². The van der Waals surface area contributed by atoms with Gasteiger partial charge in [-0.1, -0.05) is 13.0 Å². The molecule has 1 saturated heterocycles. The van der Waals surface area contributed by atoms with E-state index in [4.69, 9.17) is 0 Å². The van der Waals surface area contributed by atoms with Gasteiger partial charge in [0.15, 0.2) is 0 Å². The molecule has 2 heterocycles. The second-order valence-corrected chi connectivity index (χ2v) is 7.74. The molecule has 0 radical (unpaired) electrons. The lowest BCUT2D eigenvalue weighted by Gasteiger charge is -2.33. The SMILES string of the molecule is CCNC(CC1CCCN(S(C)(=O)=O)C1)c1cccnc1. The molecule has 5 nitrogen and oxygen atoms in total. The summed E-state index contributed by atoms with van der Waals surface area (Å²) in [5, 5.41) is 3.49. The number of nitrogens with zero attached hydrogens (tertiary/aromatic N) is 2. The van der Waals surface area contributed by atoms with Crippen LogP contribution < -0.4 is 5.32 Å². The highest BCUT2D eigenvalue weighted by molar-refractivity contribution is 7.88. The second kappa shape index (κ2) is 7.33. The van der Waals surface area contributed by atoms with Gasteiger partial charge in [0.05, 0.1) is 6.26 Å². The number of rotatable bonds is 6. The van der Waals surface area contributed by atoms with Crippen LogP contribution in [0, 0.1) is 5.92 Å². The summed E-state index contributed by atoms with van der Waals surface area (Å²) in [6.07, 6.45) is 7.96. The van der Waals surface area contributed by atoms with Crippen molar-refractivity contribution < 1.29 is 8.42 Å². The van der Waals surface area contributed by atoms with E-state index in [1.807, 2.05) is 12.3 Å². The van der Waals surface area contributed by atoms with Crippen LogP contribution in [0.1, 0.15) is 37.8 Å². The quantitative estimate of drug-likeness (QED) is 0.870. The van der Waals surface area contributed by atoms with Gasteiger partial charge >= 0.3 is 0 Å². The molecule has 0 spiro atoms. The molecule has 0 aliphatic carbocycles. The Bertz CT molecular complexity index is 533. The fourth-order valence-corrected chi connectivity index (χ4v) is 3.96. The maximum Gasteiger partial charge on any atom is 0.211 e. The van der Waals surface area contributed by atoms with Crippen molar-refractivity contribution >= 4 is 10.0 Å². The number of piperidine rings is 1. The molecule has 0 bridgehead atoms. The second-order valence-electron chi connectivity index (χ2n) is 5.76. The van der Waals surface area contributed by atoms with E-state index < -0.39 is 10.0 Å². The molecule has 6 heteroatoms. The number of sulfonamides is 1. The zero-order chi connectivity index (χ0) is 15.3. The van der Waals surface area contributed by atoms with Crippen LogP contribution in [-0.2, 0) is 10.0 Å². The van der Waals surface area contributed by atoms with E-state index in [9.17, 15) is 8.42 Å². The van der Waals surface area contributed by atoms with Gasteiger partial charge < -0.3 is 5.32 Å². The number of nitrogens with one attached hydrogen (secondary N) is 1. The molecule has 2 rings (SSSR count). The summed E-state index contributed by atoms with van der Waals surface area (Å²) in [6.45, 7) is 4.28. The predicted octanol–water partition coefficient (Wildman–Crippen LogP) is 1.79. The Labute approximate surface area is 127 Å². The monoisotopic (exact) mass is 311 g/mol. The molecule has 0 amide bonds. The highest BCUT2D eigenvalue weighted by Crippen LogP contribution is 2.28. The number of hydrogen-bond acceptors (Lipinski definition) is 4. The fourth-order valence-electron chi connectivity index (χ4n) is 3.02. The van der Waals surface area contributed by atoms with Crippen molar-refractivity contribution in [1.82, 2.24) is 14.6 Å². The van der Waals surface area contributed by atoms with Crippen LogP contribution >= 0.6 is 0 Å². The number of pyridine rings is 1. The molecular weight excluding hydrogens is 286 g/mol. The highest BCUT2D eigenvalue weighted by Gasteiger charge is 2.27. The average molecular weight is 311 g/mol. The van der Waals surface area contributed by atoms with E-state index in [1.165, 1.54) is 11.8 Å². The topological polar surface area (TPSA) is 62.3 Å². The maximum atomic E-state index is 11.7. The third-order valence-corrected chi connectivity index (χ3v) is 5.33. The summed E-state index contributed by atoms with van der Waals surface area (Å²) < 4.78 is 25.0. The van der Waals surface area contributed by atoms with Gasteiger partial charge in [0.25, 0.3) is 0 Å². The smallest absolute Gasteiger partial charge is 0.211 e. The lowest BCUT2D eigenvalue weighted by molar-refractivity contribution is 0.238. The maximum absolute atomic E-state index is 11.7. The van der Waals surface area contributed by atoms with Crippen molar-refractivity contribution in [1.29, 1.82) is 0 Å². The van der Waals surface area contributed by atoms with Gasteiger partial charge in [-0.15, -0.1) is 0 Å². The normalized spacial score (nSPS) is 22.1. The van der Waals surface area contributed by atoms with E-state index >= 15 is 0 Å². The Morgan fingerprint density at radius 3 is 2.95 bits per heavy atom. The molecule has 0 saturated carbocycles. The van der Waals surface area contributed by atoms with Crippen molar-refractivity contribution in [2.75, 3.05) is 25.9 Å². The van der Waals surface area contributed by atoms with Gasteiger partial charge in [0.2, 0.25) is 10.0 Å². The Balaban J connectivity index is 2.03. The van der Waals surface area contributed by atoms with Gasteiger partial charge in [-0.2, -0.15) is 0 Å². The third-order valence-electron chi connectivity index (χ3n) is 4.06. The van der Waals surface area contributed by atoms with Gasteiger partial charge in [0.1, 0.15) is 0 Å². The molecule has 1 aromatic heterocycles. The first-order valence-corrected chi connectivity index (χ1v) is 9.44. The zero-order valence-electron chi connectivity index (χ0n) is 12.8. The van der Waals surface area contributed by atoms with E-state index in [1.54, 1.807) is 10.5 Å². The standard InChI is InChI=1S/C15H25N3O2S/c1-3-17-15(14-7-4-8-16-11-14)10-13-6-5-9-18(12-13)21(2,19)20/h4,7-8,11,13,15,17H,3,5-6,9-10,12H2,1-2H3. The largest absolute Gasteiger partial charge is 0.310 e. The molecule has 118 valence electrons. The average Bonchev–Trinajstić information content (AvgIpc) is 2.47. The van der Waals surface area contributed by atoms with Crippen molar-refractivity contribution in [3.63, 3.8) is 0 Å². The van der Waals surface area contributed by atoms with E-state index in [-0.39, 0.29) is 6.04 Å². The minimum Gasteiger partial charge on any atom is -0.310 e. The third kappa shape index (κ3) is 4.76. The molecule has 21 heavy (non-hydrogen) atoms. The fraction of sp³-hybridized carbons (Fsp3) is 0.667. The Kier molecular flexibility index (Phi) is 5.72. The van der Waals surface area contributed by atoms with E-state index in [0.717, 1.165) is 25.8 Å². The Hall–Kier alpha value is -0.980. The predicted molar refractivity (Wildman–Crippen MR) is 84.4 cm³/mol. The van der Waals surface area contributed by atoms with E-state index in [0.29, 0.717) is 19.0 Å². The molecular formula is C15H25N3O2S. The summed E-state index contributed by atoms with van der Waals surface area (Å²) in [7, 11) is -3.07. The zero-order valence-corrected chi connectivity index (χ0v) is 13.6. The van der Waals surface area contributed by atoms with Crippen molar-refractivity contribution in [2.45, 2.75) is 32.2 Å². The van der Waals surface area contributed by atoms with Crippen LogP contribution in [0.15, 0.2) is 24.5 Å². The molecule has 2 atom stereocenters. The molecule has 1 aliphatic heterocycles. The summed E-state index contributed by atoms with van der Waals surface area (Å²) >= 11 is 0. The summed E-state index contributed by atoms with van der Waals surface area (Å²) in [6, 6.07) is 4.27. The summed E-state index contributed by atoms with van der Waals surface area (Å²) in [5.41, 5.74) is 1.18. The van der Waals surface area contributed by atoms with Crippen molar-refractivity contribution in [3.05, 3.63) is 30.1 Å². The van der Waals surface area contributed by atoms with Crippen LogP contribution in [0.5, 0.6) is 0 Å².